The molecule has 2 nitrogen and oxygen atoms in total. The zero-order valence-corrected chi connectivity index (χ0v) is 9.66. The Hall–Kier alpha value is -0.0800. The molecule has 1 heterocycles. The Morgan fingerprint density at radius 2 is 1.93 bits per heavy atom. The summed E-state index contributed by atoms with van der Waals surface area (Å²) in [7, 11) is 0. The summed E-state index contributed by atoms with van der Waals surface area (Å²) in [4.78, 5) is 0. The quantitative estimate of drug-likeness (QED) is 0.776. The van der Waals surface area contributed by atoms with Crippen molar-refractivity contribution in [3.05, 3.63) is 0 Å². The third-order valence-corrected chi connectivity index (χ3v) is 4.09. The van der Waals surface area contributed by atoms with Crippen LogP contribution in [0.2, 0.25) is 0 Å². The first-order valence-corrected chi connectivity index (χ1v) is 6.62. The van der Waals surface area contributed by atoms with Crippen LogP contribution in [0.3, 0.4) is 0 Å². The molecule has 0 bridgehead atoms. The van der Waals surface area contributed by atoms with Gasteiger partial charge >= 0.3 is 0 Å². The van der Waals surface area contributed by atoms with Gasteiger partial charge in [-0.3, -0.25) is 0 Å². The molecule has 2 aliphatic rings. The fraction of sp³-hybridized carbons (Fsp3) is 1.00. The van der Waals surface area contributed by atoms with E-state index in [0.29, 0.717) is 5.92 Å². The zero-order chi connectivity index (χ0) is 10.5. The molecule has 0 spiro atoms. The smallest absolute Gasteiger partial charge is 0.0590 e. The van der Waals surface area contributed by atoms with Crippen LogP contribution in [-0.4, -0.2) is 24.4 Å². The van der Waals surface area contributed by atoms with E-state index in [-0.39, 0.29) is 6.10 Å². The summed E-state index contributed by atoms with van der Waals surface area (Å²) in [6, 6.07) is 0. The fourth-order valence-corrected chi connectivity index (χ4v) is 3.01. The van der Waals surface area contributed by atoms with Gasteiger partial charge in [-0.25, -0.2) is 0 Å². The number of ether oxygens (including phenoxy) is 1. The van der Waals surface area contributed by atoms with Crippen molar-refractivity contribution >= 4 is 0 Å². The molecule has 0 radical (unpaired) electrons. The van der Waals surface area contributed by atoms with Crippen molar-refractivity contribution < 1.29 is 9.84 Å². The van der Waals surface area contributed by atoms with Crippen molar-refractivity contribution in [3.63, 3.8) is 0 Å². The lowest BCUT2D eigenvalue weighted by Crippen LogP contribution is -2.29. The lowest BCUT2D eigenvalue weighted by molar-refractivity contribution is -0.0138. The van der Waals surface area contributed by atoms with E-state index in [2.05, 4.69) is 0 Å². The second-order valence-electron chi connectivity index (χ2n) is 5.27. The SMILES string of the molecule is OC(CCC1CCCC1)C1CCCOC1. The predicted octanol–water partition coefficient (Wildman–Crippen LogP) is 2.74. The highest BCUT2D eigenvalue weighted by Gasteiger charge is 2.23. The van der Waals surface area contributed by atoms with Crippen molar-refractivity contribution in [1.29, 1.82) is 0 Å². The molecular weight excluding hydrogens is 188 g/mol. The third-order valence-electron chi connectivity index (χ3n) is 4.09. The maximum Gasteiger partial charge on any atom is 0.0590 e. The molecule has 1 aliphatic heterocycles. The molecular formula is C13H24O2. The Morgan fingerprint density at radius 1 is 1.13 bits per heavy atom. The van der Waals surface area contributed by atoms with E-state index in [1.54, 1.807) is 0 Å². The molecule has 2 atom stereocenters. The summed E-state index contributed by atoms with van der Waals surface area (Å²) in [5.41, 5.74) is 0. The molecule has 2 unspecified atom stereocenters. The summed E-state index contributed by atoms with van der Waals surface area (Å²) >= 11 is 0. The molecule has 88 valence electrons. The minimum Gasteiger partial charge on any atom is -0.393 e. The van der Waals surface area contributed by atoms with Gasteiger partial charge < -0.3 is 9.84 Å². The Kier molecular flexibility index (Phi) is 4.45. The van der Waals surface area contributed by atoms with Gasteiger partial charge in [0.1, 0.15) is 0 Å². The average molecular weight is 212 g/mol. The number of aliphatic hydroxyl groups is 1. The van der Waals surface area contributed by atoms with Crippen molar-refractivity contribution in [2.24, 2.45) is 11.8 Å². The molecule has 1 aliphatic carbocycles. The lowest BCUT2D eigenvalue weighted by Gasteiger charge is -2.27. The van der Waals surface area contributed by atoms with Crippen molar-refractivity contribution in [3.8, 4) is 0 Å². The highest BCUT2D eigenvalue weighted by molar-refractivity contribution is 4.74. The molecule has 1 saturated carbocycles. The molecule has 0 amide bonds. The topological polar surface area (TPSA) is 29.5 Å². The molecule has 0 aromatic rings. The van der Waals surface area contributed by atoms with Crippen LogP contribution in [0.5, 0.6) is 0 Å². The average Bonchev–Trinajstić information content (AvgIpc) is 2.80. The van der Waals surface area contributed by atoms with Crippen LogP contribution < -0.4 is 0 Å². The predicted molar refractivity (Wildman–Crippen MR) is 60.7 cm³/mol. The van der Waals surface area contributed by atoms with Crippen LogP contribution in [0.4, 0.5) is 0 Å². The Labute approximate surface area is 93.0 Å². The van der Waals surface area contributed by atoms with Crippen LogP contribution in [0, 0.1) is 11.8 Å². The molecule has 0 aromatic heterocycles. The minimum absolute atomic E-state index is 0.106. The van der Waals surface area contributed by atoms with Crippen LogP contribution in [0.15, 0.2) is 0 Å². The zero-order valence-electron chi connectivity index (χ0n) is 9.66. The fourth-order valence-electron chi connectivity index (χ4n) is 3.01. The van der Waals surface area contributed by atoms with Gasteiger partial charge in [0.15, 0.2) is 0 Å². The van der Waals surface area contributed by atoms with Gasteiger partial charge in [0.2, 0.25) is 0 Å². The van der Waals surface area contributed by atoms with Crippen molar-refractivity contribution in [1.82, 2.24) is 0 Å². The first kappa shape index (κ1) is 11.4. The molecule has 2 fully saturated rings. The van der Waals surface area contributed by atoms with E-state index < -0.39 is 0 Å². The van der Waals surface area contributed by atoms with Crippen LogP contribution in [0.25, 0.3) is 0 Å². The van der Waals surface area contributed by atoms with Gasteiger partial charge in [-0.1, -0.05) is 25.7 Å². The van der Waals surface area contributed by atoms with Crippen molar-refractivity contribution in [2.75, 3.05) is 13.2 Å². The van der Waals surface area contributed by atoms with Gasteiger partial charge in [0.25, 0.3) is 0 Å². The summed E-state index contributed by atoms with van der Waals surface area (Å²) in [5, 5.41) is 10.1. The summed E-state index contributed by atoms with van der Waals surface area (Å²) in [6.45, 7) is 1.68. The van der Waals surface area contributed by atoms with Crippen molar-refractivity contribution in [2.45, 2.75) is 57.5 Å². The van der Waals surface area contributed by atoms with Crippen LogP contribution >= 0.6 is 0 Å². The first-order chi connectivity index (χ1) is 7.36. The van der Waals surface area contributed by atoms with E-state index in [1.165, 1.54) is 32.1 Å². The van der Waals surface area contributed by atoms with Crippen LogP contribution in [0.1, 0.15) is 51.4 Å². The van der Waals surface area contributed by atoms with Crippen LogP contribution in [-0.2, 0) is 4.74 Å². The minimum atomic E-state index is -0.106. The monoisotopic (exact) mass is 212 g/mol. The number of hydrogen-bond donors (Lipinski definition) is 1. The summed E-state index contributed by atoms with van der Waals surface area (Å²) in [5.74, 6) is 1.32. The maximum absolute atomic E-state index is 10.1. The van der Waals surface area contributed by atoms with Gasteiger partial charge in [0.05, 0.1) is 12.7 Å². The normalized spacial score (nSPS) is 30.6. The van der Waals surface area contributed by atoms with Gasteiger partial charge in [-0.05, 0) is 31.6 Å². The number of rotatable bonds is 4. The highest BCUT2D eigenvalue weighted by atomic mass is 16.5. The van der Waals surface area contributed by atoms with E-state index in [0.717, 1.165) is 38.4 Å². The largest absolute Gasteiger partial charge is 0.393 e. The molecule has 0 aromatic carbocycles. The first-order valence-electron chi connectivity index (χ1n) is 6.62. The number of hydrogen-bond acceptors (Lipinski definition) is 2. The molecule has 1 saturated heterocycles. The Bertz CT molecular complexity index is 169. The summed E-state index contributed by atoms with van der Waals surface area (Å²) in [6.07, 6.45) is 10.0. The maximum atomic E-state index is 10.1. The van der Waals surface area contributed by atoms with E-state index in [1.807, 2.05) is 0 Å². The van der Waals surface area contributed by atoms with Gasteiger partial charge in [0, 0.05) is 12.5 Å². The second-order valence-corrected chi connectivity index (χ2v) is 5.27. The molecule has 2 rings (SSSR count). The van der Waals surface area contributed by atoms with E-state index in [4.69, 9.17) is 4.74 Å². The third kappa shape index (κ3) is 3.46. The van der Waals surface area contributed by atoms with Gasteiger partial charge in [-0.2, -0.15) is 0 Å². The van der Waals surface area contributed by atoms with Gasteiger partial charge in [-0.15, -0.1) is 0 Å². The molecule has 1 N–H and O–H groups in total. The standard InChI is InChI=1S/C13H24O2/c14-13(12-6-3-9-15-10-12)8-7-11-4-1-2-5-11/h11-14H,1-10H2. The van der Waals surface area contributed by atoms with E-state index in [9.17, 15) is 5.11 Å². The Balaban J connectivity index is 1.64. The lowest BCUT2D eigenvalue weighted by atomic mass is 9.90. The second kappa shape index (κ2) is 5.86. The highest BCUT2D eigenvalue weighted by Crippen LogP contribution is 2.30. The summed E-state index contributed by atoms with van der Waals surface area (Å²) < 4.78 is 5.42. The van der Waals surface area contributed by atoms with E-state index >= 15 is 0 Å². The number of aliphatic hydroxyl groups excluding tert-OH is 1. The molecule has 2 heteroatoms. The Morgan fingerprint density at radius 3 is 2.60 bits per heavy atom. The molecule has 15 heavy (non-hydrogen) atoms.